The largest absolute Gasteiger partial charge is 0.456 e. The molecule has 0 unspecified atom stereocenters. The fraction of sp³-hybridized carbons (Fsp3) is 0.125. The highest BCUT2D eigenvalue weighted by atomic mass is 16.3. The number of rotatable bonds is 4. The number of anilines is 3. The minimum atomic E-state index is -0.100. The molecule has 2 heteroatoms. The number of benzene rings is 7. The first-order valence-electron chi connectivity index (χ1n) is 17.6. The van der Waals surface area contributed by atoms with Crippen LogP contribution in [0.15, 0.2) is 156 Å². The van der Waals surface area contributed by atoms with Crippen molar-refractivity contribution >= 4 is 39.0 Å². The van der Waals surface area contributed by atoms with E-state index in [9.17, 15) is 0 Å². The molecule has 0 amide bonds. The van der Waals surface area contributed by atoms with Crippen LogP contribution in [0.4, 0.5) is 17.1 Å². The summed E-state index contributed by atoms with van der Waals surface area (Å²) in [6.45, 7) is 9.44. The molecule has 0 radical (unpaired) electrons. The quantitative estimate of drug-likeness (QED) is 0.190. The summed E-state index contributed by atoms with van der Waals surface area (Å²) in [5.41, 5.74) is 18.3. The third-order valence-electron chi connectivity index (χ3n) is 11.5. The van der Waals surface area contributed by atoms with Gasteiger partial charge >= 0.3 is 0 Å². The van der Waals surface area contributed by atoms with Gasteiger partial charge in [-0.25, -0.2) is 0 Å². The Morgan fingerprint density at radius 2 is 0.900 bits per heavy atom. The van der Waals surface area contributed by atoms with Crippen LogP contribution < -0.4 is 4.90 Å². The van der Waals surface area contributed by atoms with Gasteiger partial charge in [-0.1, -0.05) is 143 Å². The van der Waals surface area contributed by atoms with E-state index in [0.717, 1.165) is 27.6 Å². The van der Waals surface area contributed by atoms with E-state index in [2.05, 4.69) is 178 Å². The Balaban J connectivity index is 1.23. The molecule has 0 atom stereocenters. The van der Waals surface area contributed by atoms with E-state index in [1.54, 1.807) is 0 Å². The average Bonchev–Trinajstić information content (AvgIpc) is 3.73. The van der Waals surface area contributed by atoms with Gasteiger partial charge < -0.3 is 9.32 Å². The molecule has 2 nitrogen and oxygen atoms in total. The molecule has 10 rings (SSSR count). The minimum absolute atomic E-state index is 0.100. The van der Waals surface area contributed by atoms with Crippen LogP contribution >= 0.6 is 0 Å². The SMILES string of the molecule is CC1(C)c2ccccc2-c2c(N(c3ccc(-c4cccc5oc6ccccc6c45)cc3)c3cccc4c3-c3ccccc3C4(C)C)cccc21. The molecule has 0 N–H and O–H groups in total. The zero-order valence-corrected chi connectivity index (χ0v) is 28.8. The normalized spacial score (nSPS) is 14.7. The molecule has 0 bridgehead atoms. The Hall–Kier alpha value is -5.86. The van der Waals surface area contributed by atoms with E-state index >= 15 is 0 Å². The maximum absolute atomic E-state index is 6.26. The van der Waals surface area contributed by atoms with E-state index < -0.39 is 0 Å². The van der Waals surface area contributed by atoms with Crippen molar-refractivity contribution in [3.63, 3.8) is 0 Å². The van der Waals surface area contributed by atoms with Gasteiger partial charge in [-0.3, -0.25) is 0 Å². The van der Waals surface area contributed by atoms with Crippen molar-refractivity contribution in [3.8, 4) is 33.4 Å². The molecule has 1 heterocycles. The Labute approximate surface area is 293 Å². The minimum Gasteiger partial charge on any atom is -0.456 e. The first-order chi connectivity index (χ1) is 24.3. The fourth-order valence-electron chi connectivity index (χ4n) is 9.06. The van der Waals surface area contributed by atoms with Gasteiger partial charge in [0.25, 0.3) is 0 Å². The third kappa shape index (κ3) is 3.91. The highest BCUT2D eigenvalue weighted by molar-refractivity contribution is 6.12. The second-order valence-corrected chi connectivity index (χ2v) is 14.9. The molecule has 0 saturated carbocycles. The highest BCUT2D eigenvalue weighted by Crippen LogP contribution is 2.58. The fourth-order valence-corrected chi connectivity index (χ4v) is 9.06. The van der Waals surface area contributed by atoms with Crippen LogP contribution in [-0.4, -0.2) is 0 Å². The summed E-state index contributed by atoms with van der Waals surface area (Å²) in [5.74, 6) is 0. The van der Waals surface area contributed by atoms with Crippen LogP contribution in [0.25, 0.3) is 55.3 Å². The second-order valence-electron chi connectivity index (χ2n) is 14.9. The molecular formula is C48H37NO. The number of hydrogen-bond acceptors (Lipinski definition) is 2. The number of fused-ring (bicyclic) bond motifs is 9. The maximum atomic E-state index is 6.26. The zero-order chi connectivity index (χ0) is 33.8. The van der Waals surface area contributed by atoms with Crippen molar-refractivity contribution in [2.45, 2.75) is 38.5 Å². The lowest BCUT2D eigenvalue weighted by atomic mass is 9.82. The number of furan rings is 1. The van der Waals surface area contributed by atoms with Gasteiger partial charge in [0.2, 0.25) is 0 Å². The number of para-hydroxylation sites is 1. The monoisotopic (exact) mass is 643 g/mol. The second kappa shape index (κ2) is 10.3. The summed E-state index contributed by atoms with van der Waals surface area (Å²) in [4.78, 5) is 2.52. The molecule has 7 aromatic carbocycles. The van der Waals surface area contributed by atoms with E-state index in [0.29, 0.717) is 0 Å². The zero-order valence-electron chi connectivity index (χ0n) is 28.8. The van der Waals surface area contributed by atoms with Gasteiger partial charge in [-0.15, -0.1) is 0 Å². The molecule has 1 aromatic heterocycles. The molecular weight excluding hydrogens is 607 g/mol. The summed E-state index contributed by atoms with van der Waals surface area (Å²) < 4.78 is 6.26. The lowest BCUT2D eigenvalue weighted by molar-refractivity contribution is 0.660. The van der Waals surface area contributed by atoms with Gasteiger partial charge in [-0.2, -0.15) is 0 Å². The van der Waals surface area contributed by atoms with Crippen LogP contribution in [0, 0.1) is 0 Å². The van der Waals surface area contributed by atoms with Crippen molar-refractivity contribution in [1.29, 1.82) is 0 Å². The standard InChI is InChI=1S/C48H37NO/c1-47(2)36-18-8-5-14-33(36)45-38(47)20-12-22-40(45)49(41-23-13-21-39-46(41)34-15-6-9-19-37(34)48(39,3)4)31-28-26-30(27-29-31)32-17-11-25-43-44(32)35-16-7-10-24-42(35)50-43/h5-29H,1-4H3. The Bertz CT molecular complexity index is 2550. The van der Waals surface area contributed by atoms with Gasteiger partial charge in [0.15, 0.2) is 0 Å². The van der Waals surface area contributed by atoms with Crippen LogP contribution in [-0.2, 0) is 10.8 Å². The van der Waals surface area contributed by atoms with E-state index in [1.165, 1.54) is 67.0 Å². The van der Waals surface area contributed by atoms with Crippen molar-refractivity contribution < 1.29 is 4.42 Å². The number of nitrogens with zero attached hydrogens (tertiary/aromatic N) is 1. The molecule has 0 fully saturated rings. The van der Waals surface area contributed by atoms with E-state index in [4.69, 9.17) is 4.42 Å². The molecule has 0 saturated heterocycles. The molecule has 2 aliphatic rings. The topological polar surface area (TPSA) is 16.4 Å². The van der Waals surface area contributed by atoms with Crippen molar-refractivity contribution in [1.82, 2.24) is 0 Å². The predicted octanol–water partition coefficient (Wildman–Crippen LogP) is 13.3. The average molecular weight is 644 g/mol. The molecule has 2 aliphatic carbocycles. The molecule has 240 valence electrons. The smallest absolute Gasteiger partial charge is 0.136 e. The van der Waals surface area contributed by atoms with Crippen LogP contribution in [0.2, 0.25) is 0 Å². The molecule has 50 heavy (non-hydrogen) atoms. The van der Waals surface area contributed by atoms with E-state index in [-0.39, 0.29) is 10.8 Å². The summed E-state index contributed by atoms with van der Waals surface area (Å²) in [5, 5.41) is 2.30. The van der Waals surface area contributed by atoms with Crippen molar-refractivity contribution in [3.05, 3.63) is 174 Å². The van der Waals surface area contributed by atoms with Crippen molar-refractivity contribution in [2.75, 3.05) is 4.90 Å². The van der Waals surface area contributed by atoms with Gasteiger partial charge in [0.1, 0.15) is 11.2 Å². The summed E-state index contributed by atoms with van der Waals surface area (Å²) >= 11 is 0. The van der Waals surface area contributed by atoms with Crippen LogP contribution in [0.3, 0.4) is 0 Å². The summed E-state index contributed by atoms with van der Waals surface area (Å²) in [6, 6.07) is 55.6. The molecule has 8 aromatic rings. The Kier molecular flexibility index (Phi) is 6.01. The van der Waals surface area contributed by atoms with Gasteiger partial charge in [0.05, 0.1) is 11.4 Å². The van der Waals surface area contributed by atoms with Crippen LogP contribution in [0.1, 0.15) is 49.9 Å². The molecule has 0 spiro atoms. The highest BCUT2D eigenvalue weighted by Gasteiger charge is 2.40. The number of hydrogen-bond donors (Lipinski definition) is 0. The van der Waals surface area contributed by atoms with Gasteiger partial charge in [0, 0.05) is 38.4 Å². The Morgan fingerprint density at radius 3 is 1.52 bits per heavy atom. The lowest BCUT2D eigenvalue weighted by Crippen LogP contribution is -2.17. The molecule has 0 aliphatic heterocycles. The summed E-state index contributed by atoms with van der Waals surface area (Å²) in [7, 11) is 0. The maximum Gasteiger partial charge on any atom is 0.136 e. The first-order valence-corrected chi connectivity index (χ1v) is 17.6. The third-order valence-corrected chi connectivity index (χ3v) is 11.5. The van der Waals surface area contributed by atoms with Crippen molar-refractivity contribution in [2.24, 2.45) is 0 Å². The van der Waals surface area contributed by atoms with Crippen LogP contribution in [0.5, 0.6) is 0 Å². The van der Waals surface area contributed by atoms with E-state index in [1.807, 2.05) is 6.07 Å². The predicted molar refractivity (Wildman–Crippen MR) is 209 cm³/mol. The Morgan fingerprint density at radius 1 is 0.420 bits per heavy atom. The van der Waals surface area contributed by atoms with Gasteiger partial charge in [-0.05, 0) is 80.9 Å². The lowest BCUT2D eigenvalue weighted by Gasteiger charge is -2.31. The first kappa shape index (κ1) is 29.1. The summed E-state index contributed by atoms with van der Waals surface area (Å²) in [6.07, 6.45) is 0.